The Morgan fingerprint density at radius 1 is 0.857 bits per heavy atom. The highest BCUT2D eigenvalue weighted by Crippen LogP contribution is 2.28. The third-order valence-electron chi connectivity index (χ3n) is 5.67. The van der Waals surface area contributed by atoms with Gasteiger partial charge in [0, 0.05) is 27.9 Å². The zero-order chi connectivity index (χ0) is 24.2. The van der Waals surface area contributed by atoms with E-state index in [1.54, 1.807) is 18.2 Å². The van der Waals surface area contributed by atoms with E-state index in [2.05, 4.69) is 20.6 Å². The Labute approximate surface area is 207 Å². The number of halogens is 1. The van der Waals surface area contributed by atoms with E-state index in [0.717, 1.165) is 40.7 Å². The first-order valence-corrected chi connectivity index (χ1v) is 11.6. The highest BCUT2D eigenvalue weighted by Gasteiger charge is 2.15. The summed E-state index contributed by atoms with van der Waals surface area (Å²) >= 11 is 6.38. The number of nitrogens with one attached hydrogen (secondary N) is 2. The summed E-state index contributed by atoms with van der Waals surface area (Å²) in [6, 6.07) is 19.9. The van der Waals surface area contributed by atoms with Crippen molar-refractivity contribution in [2.24, 2.45) is 0 Å². The van der Waals surface area contributed by atoms with Crippen molar-refractivity contribution in [2.75, 3.05) is 5.32 Å². The lowest BCUT2D eigenvalue weighted by atomic mass is 10.1. The summed E-state index contributed by atoms with van der Waals surface area (Å²) in [6.45, 7) is 0. The van der Waals surface area contributed by atoms with E-state index in [0.29, 0.717) is 11.3 Å². The largest absolute Gasteiger partial charge is 0.322 e. The van der Waals surface area contributed by atoms with Gasteiger partial charge in [-0.3, -0.25) is 9.59 Å². The number of benzene rings is 3. The maximum Gasteiger partial charge on any atom is 0.257 e. The summed E-state index contributed by atoms with van der Waals surface area (Å²) in [7, 11) is 0. The number of carbonyl (C=O) groups is 2. The number of allylic oxidation sites excluding steroid dienone is 3. The number of para-hydroxylation sites is 1. The number of amides is 2. The Kier molecular flexibility index (Phi) is 6.37. The summed E-state index contributed by atoms with van der Waals surface area (Å²) in [4.78, 5) is 34.3. The standard InChI is InChI=1S/C28H21ClN4O2/c29-24-16-19(27(34)32-20-8-2-1-3-9-20)13-14-22(24)28(35)33-21-10-6-7-18(15-21)26-23-11-4-5-12-25(23)30-17-31-26/h2,4-17H,1,3H2,(H,32,34)(H,33,35). The molecule has 1 aromatic heterocycles. The van der Waals surface area contributed by atoms with Crippen molar-refractivity contribution in [1.29, 1.82) is 0 Å². The van der Waals surface area contributed by atoms with E-state index in [9.17, 15) is 9.59 Å². The second kappa shape index (κ2) is 9.91. The van der Waals surface area contributed by atoms with Crippen molar-refractivity contribution in [3.8, 4) is 11.3 Å². The fourth-order valence-corrected chi connectivity index (χ4v) is 4.19. The van der Waals surface area contributed by atoms with Gasteiger partial charge in [-0.05, 0) is 55.3 Å². The van der Waals surface area contributed by atoms with Gasteiger partial charge in [-0.15, -0.1) is 0 Å². The van der Waals surface area contributed by atoms with E-state index in [4.69, 9.17) is 11.6 Å². The minimum absolute atomic E-state index is 0.196. The molecule has 0 radical (unpaired) electrons. The van der Waals surface area contributed by atoms with E-state index in [1.165, 1.54) is 12.4 Å². The molecule has 7 heteroatoms. The van der Waals surface area contributed by atoms with Crippen LogP contribution < -0.4 is 10.6 Å². The Morgan fingerprint density at radius 2 is 1.74 bits per heavy atom. The van der Waals surface area contributed by atoms with E-state index in [1.807, 2.05) is 60.7 Å². The van der Waals surface area contributed by atoms with Crippen molar-refractivity contribution < 1.29 is 9.59 Å². The Morgan fingerprint density at radius 3 is 2.57 bits per heavy atom. The number of hydrogen-bond acceptors (Lipinski definition) is 4. The highest BCUT2D eigenvalue weighted by atomic mass is 35.5. The third kappa shape index (κ3) is 4.98. The minimum Gasteiger partial charge on any atom is -0.322 e. The molecule has 5 rings (SSSR count). The number of carbonyl (C=O) groups excluding carboxylic acids is 2. The van der Waals surface area contributed by atoms with Crippen LogP contribution in [0.25, 0.3) is 22.2 Å². The first-order valence-electron chi connectivity index (χ1n) is 11.2. The zero-order valence-electron chi connectivity index (χ0n) is 18.7. The summed E-state index contributed by atoms with van der Waals surface area (Å²) < 4.78 is 0. The normalized spacial score (nSPS) is 12.8. The summed E-state index contributed by atoms with van der Waals surface area (Å²) in [5.41, 5.74) is 4.49. The molecule has 1 heterocycles. The topological polar surface area (TPSA) is 84.0 Å². The van der Waals surface area contributed by atoms with Gasteiger partial charge in [0.15, 0.2) is 0 Å². The van der Waals surface area contributed by atoms with E-state index < -0.39 is 0 Å². The lowest BCUT2D eigenvalue weighted by molar-refractivity contribution is 0.0964. The predicted octanol–water partition coefficient (Wildman–Crippen LogP) is 6.17. The summed E-state index contributed by atoms with van der Waals surface area (Å²) in [5.74, 6) is -0.647. The molecule has 0 aliphatic heterocycles. The molecule has 2 N–H and O–H groups in total. The first-order chi connectivity index (χ1) is 17.1. The van der Waals surface area contributed by atoms with Gasteiger partial charge in [-0.2, -0.15) is 0 Å². The summed E-state index contributed by atoms with van der Waals surface area (Å²) in [5, 5.41) is 6.86. The Hall–Kier alpha value is -4.29. The fraction of sp³-hybridized carbons (Fsp3) is 0.0714. The molecule has 4 aromatic rings. The number of anilines is 1. The molecule has 3 aromatic carbocycles. The predicted molar refractivity (Wildman–Crippen MR) is 138 cm³/mol. The molecule has 0 unspecified atom stereocenters. The molecular weight excluding hydrogens is 460 g/mol. The van der Waals surface area contributed by atoms with Crippen LogP contribution >= 0.6 is 11.6 Å². The molecule has 0 saturated carbocycles. The van der Waals surface area contributed by atoms with Crippen LogP contribution in [0.4, 0.5) is 5.69 Å². The van der Waals surface area contributed by atoms with Crippen LogP contribution in [0.2, 0.25) is 5.02 Å². The van der Waals surface area contributed by atoms with Gasteiger partial charge in [-0.1, -0.05) is 54.1 Å². The van der Waals surface area contributed by atoms with E-state index >= 15 is 0 Å². The average molecular weight is 481 g/mol. The zero-order valence-corrected chi connectivity index (χ0v) is 19.4. The van der Waals surface area contributed by atoms with Gasteiger partial charge < -0.3 is 10.6 Å². The van der Waals surface area contributed by atoms with Gasteiger partial charge in [0.25, 0.3) is 11.8 Å². The molecule has 0 saturated heterocycles. The molecule has 172 valence electrons. The van der Waals surface area contributed by atoms with Crippen LogP contribution in [-0.2, 0) is 0 Å². The second-order valence-corrected chi connectivity index (χ2v) is 8.47. The van der Waals surface area contributed by atoms with Crippen LogP contribution in [-0.4, -0.2) is 21.8 Å². The molecule has 1 aliphatic rings. The highest BCUT2D eigenvalue weighted by molar-refractivity contribution is 6.34. The van der Waals surface area contributed by atoms with Crippen molar-refractivity contribution in [1.82, 2.24) is 15.3 Å². The average Bonchev–Trinajstić information content (AvgIpc) is 2.89. The van der Waals surface area contributed by atoms with Crippen LogP contribution in [0.5, 0.6) is 0 Å². The molecule has 0 bridgehead atoms. The molecule has 0 spiro atoms. The SMILES string of the molecule is O=C(NC1=CCCC=C1)c1ccc(C(=O)Nc2cccc(-c3ncnc4ccccc34)c2)c(Cl)c1. The number of fused-ring (bicyclic) bond motifs is 1. The molecule has 0 atom stereocenters. The van der Waals surface area contributed by atoms with Gasteiger partial charge in [0.05, 0.1) is 21.8 Å². The van der Waals surface area contributed by atoms with Gasteiger partial charge >= 0.3 is 0 Å². The number of aromatic nitrogens is 2. The number of nitrogens with zero attached hydrogens (tertiary/aromatic N) is 2. The molecule has 2 amide bonds. The lowest BCUT2D eigenvalue weighted by Gasteiger charge is -2.12. The number of rotatable bonds is 5. The van der Waals surface area contributed by atoms with Crippen LogP contribution in [0.3, 0.4) is 0 Å². The summed E-state index contributed by atoms with van der Waals surface area (Å²) in [6.07, 6.45) is 9.25. The lowest BCUT2D eigenvalue weighted by Crippen LogP contribution is -2.22. The smallest absolute Gasteiger partial charge is 0.257 e. The maximum absolute atomic E-state index is 13.0. The van der Waals surface area contributed by atoms with Crippen LogP contribution in [0.15, 0.2) is 97.0 Å². The van der Waals surface area contributed by atoms with E-state index in [-0.39, 0.29) is 22.4 Å². The third-order valence-corrected chi connectivity index (χ3v) is 5.98. The quantitative estimate of drug-likeness (QED) is 0.358. The van der Waals surface area contributed by atoms with Crippen molar-refractivity contribution in [3.63, 3.8) is 0 Å². The van der Waals surface area contributed by atoms with Gasteiger partial charge in [0.1, 0.15) is 6.33 Å². The maximum atomic E-state index is 13.0. The molecule has 6 nitrogen and oxygen atoms in total. The monoisotopic (exact) mass is 480 g/mol. The van der Waals surface area contributed by atoms with Gasteiger partial charge in [0.2, 0.25) is 0 Å². The Bertz CT molecular complexity index is 1500. The minimum atomic E-state index is -0.371. The fourth-order valence-electron chi connectivity index (χ4n) is 3.93. The first kappa shape index (κ1) is 22.5. The van der Waals surface area contributed by atoms with Crippen molar-refractivity contribution in [2.45, 2.75) is 12.8 Å². The van der Waals surface area contributed by atoms with Crippen LogP contribution in [0, 0.1) is 0 Å². The van der Waals surface area contributed by atoms with Crippen LogP contribution in [0.1, 0.15) is 33.6 Å². The molecule has 35 heavy (non-hydrogen) atoms. The molecule has 1 aliphatic carbocycles. The van der Waals surface area contributed by atoms with Gasteiger partial charge in [-0.25, -0.2) is 9.97 Å². The Balaban J connectivity index is 1.34. The molecule has 0 fully saturated rings. The van der Waals surface area contributed by atoms with Crippen molar-refractivity contribution >= 4 is 40.0 Å². The molecular formula is C28H21ClN4O2. The number of hydrogen-bond donors (Lipinski definition) is 2. The second-order valence-electron chi connectivity index (χ2n) is 8.06. The van der Waals surface area contributed by atoms with Crippen molar-refractivity contribution in [3.05, 3.63) is 113 Å².